The van der Waals surface area contributed by atoms with E-state index in [0.29, 0.717) is 11.5 Å². The van der Waals surface area contributed by atoms with Crippen molar-refractivity contribution in [3.8, 4) is 11.5 Å². The van der Waals surface area contributed by atoms with Gasteiger partial charge >= 0.3 is 5.97 Å². The van der Waals surface area contributed by atoms with E-state index in [4.69, 9.17) is 14.2 Å². The number of esters is 1. The largest absolute Gasteiger partial charge is 0.496 e. The Morgan fingerprint density at radius 3 is 2.46 bits per heavy atom. The number of para-hydroxylation sites is 1. The Hall–Kier alpha value is -2.67. The summed E-state index contributed by atoms with van der Waals surface area (Å²) in [6.45, 7) is -0.0897. The van der Waals surface area contributed by atoms with E-state index in [9.17, 15) is 9.59 Å². The molecule has 1 N–H and O–H groups in total. The molecule has 1 amide bonds. The molecule has 138 valence electrons. The standard InChI is InChI=1S/C19H21NO5S/c1-23-16-7-5-4-6-13(16)11-20-18(21)12-25-19(22)15-9-8-14(26-3)10-17(15)24-2/h4-10H,11-12H2,1-3H3,(H,20,21). The Kier molecular flexibility index (Phi) is 7.35. The van der Waals surface area contributed by atoms with Gasteiger partial charge < -0.3 is 19.5 Å². The molecule has 0 radical (unpaired) electrons. The summed E-state index contributed by atoms with van der Waals surface area (Å²) in [5, 5.41) is 2.70. The smallest absolute Gasteiger partial charge is 0.342 e. The van der Waals surface area contributed by atoms with Gasteiger partial charge in [-0.25, -0.2) is 4.79 Å². The molecule has 2 aromatic carbocycles. The lowest BCUT2D eigenvalue weighted by atomic mass is 10.2. The summed E-state index contributed by atoms with van der Waals surface area (Å²) in [5.74, 6) is 0.0885. The minimum Gasteiger partial charge on any atom is -0.496 e. The van der Waals surface area contributed by atoms with Crippen molar-refractivity contribution in [2.75, 3.05) is 27.1 Å². The van der Waals surface area contributed by atoms with Crippen LogP contribution in [0.3, 0.4) is 0 Å². The van der Waals surface area contributed by atoms with Gasteiger partial charge in [-0.2, -0.15) is 0 Å². The molecule has 2 aromatic rings. The Morgan fingerprint density at radius 1 is 1.04 bits per heavy atom. The molecule has 0 atom stereocenters. The lowest BCUT2D eigenvalue weighted by Crippen LogP contribution is -2.28. The molecule has 0 aliphatic heterocycles. The van der Waals surface area contributed by atoms with Crippen LogP contribution in [0.1, 0.15) is 15.9 Å². The maximum absolute atomic E-state index is 12.2. The molecule has 0 unspecified atom stereocenters. The van der Waals surface area contributed by atoms with Gasteiger partial charge in [0.25, 0.3) is 5.91 Å². The second kappa shape index (κ2) is 9.72. The first-order chi connectivity index (χ1) is 12.6. The number of hydrogen-bond donors (Lipinski definition) is 1. The highest BCUT2D eigenvalue weighted by molar-refractivity contribution is 7.98. The summed E-state index contributed by atoms with van der Waals surface area (Å²) < 4.78 is 15.5. The van der Waals surface area contributed by atoms with Crippen molar-refractivity contribution in [1.82, 2.24) is 5.32 Å². The van der Waals surface area contributed by atoms with Crippen LogP contribution in [0.25, 0.3) is 0 Å². The molecule has 0 aliphatic rings. The second-order valence-electron chi connectivity index (χ2n) is 5.23. The molecule has 0 saturated carbocycles. The number of thioether (sulfide) groups is 1. The third-order valence-corrected chi connectivity index (χ3v) is 4.36. The Labute approximate surface area is 156 Å². The van der Waals surface area contributed by atoms with Crippen molar-refractivity contribution >= 4 is 23.6 Å². The van der Waals surface area contributed by atoms with E-state index >= 15 is 0 Å². The molecular formula is C19H21NO5S. The number of nitrogens with one attached hydrogen (secondary N) is 1. The van der Waals surface area contributed by atoms with Crippen LogP contribution in [0.15, 0.2) is 47.4 Å². The van der Waals surface area contributed by atoms with Gasteiger partial charge in [0, 0.05) is 17.0 Å². The number of amides is 1. The Bertz CT molecular complexity index is 778. The van der Waals surface area contributed by atoms with Gasteiger partial charge in [0.05, 0.1) is 14.2 Å². The molecule has 0 saturated heterocycles. The van der Waals surface area contributed by atoms with Crippen LogP contribution in [-0.2, 0) is 16.1 Å². The van der Waals surface area contributed by atoms with Crippen LogP contribution in [0.4, 0.5) is 0 Å². The van der Waals surface area contributed by atoms with Crippen molar-refractivity contribution in [3.05, 3.63) is 53.6 Å². The summed E-state index contributed by atoms with van der Waals surface area (Å²) in [5.41, 5.74) is 1.12. The minimum atomic E-state index is -0.609. The van der Waals surface area contributed by atoms with Crippen molar-refractivity contribution in [2.45, 2.75) is 11.4 Å². The Morgan fingerprint density at radius 2 is 1.77 bits per heavy atom. The third kappa shape index (κ3) is 5.16. The number of methoxy groups -OCH3 is 2. The van der Waals surface area contributed by atoms with Gasteiger partial charge in [0.2, 0.25) is 0 Å². The summed E-state index contributed by atoms with van der Waals surface area (Å²) in [6, 6.07) is 12.5. The monoisotopic (exact) mass is 375 g/mol. The van der Waals surface area contributed by atoms with Crippen molar-refractivity contribution in [2.24, 2.45) is 0 Å². The van der Waals surface area contributed by atoms with E-state index in [2.05, 4.69) is 5.32 Å². The molecular weight excluding hydrogens is 354 g/mol. The molecule has 6 nitrogen and oxygen atoms in total. The van der Waals surface area contributed by atoms with E-state index in [-0.39, 0.29) is 18.7 Å². The molecule has 0 aromatic heterocycles. The minimum absolute atomic E-state index is 0.280. The first-order valence-electron chi connectivity index (χ1n) is 7.86. The van der Waals surface area contributed by atoms with Gasteiger partial charge in [-0.15, -0.1) is 11.8 Å². The molecule has 0 bridgehead atoms. The second-order valence-corrected chi connectivity index (χ2v) is 6.11. The highest BCUT2D eigenvalue weighted by atomic mass is 32.2. The van der Waals surface area contributed by atoms with Crippen molar-refractivity contribution < 1.29 is 23.8 Å². The van der Waals surface area contributed by atoms with Crippen LogP contribution >= 0.6 is 11.8 Å². The van der Waals surface area contributed by atoms with Gasteiger partial charge in [0.15, 0.2) is 6.61 Å². The number of ether oxygens (including phenoxy) is 3. The van der Waals surface area contributed by atoms with Gasteiger partial charge in [-0.1, -0.05) is 18.2 Å². The zero-order chi connectivity index (χ0) is 18.9. The Balaban J connectivity index is 1.90. The average molecular weight is 375 g/mol. The normalized spacial score (nSPS) is 10.1. The number of hydrogen-bond acceptors (Lipinski definition) is 6. The lowest BCUT2D eigenvalue weighted by Gasteiger charge is -2.11. The van der Waals surface area contributed by atoms with E-state index in [0.717, 1.165) is 10.5 Å². The predicted octanol–water partition coefficient (Wildman–Crippen LogP) is 2.90. The molecule has 0 heterocycles. The summed E-state index contributed by atoms with van der Waals surface area (Å²) in [6.07, 6.45) is 1.93. The van der Waals surface area contributed by atoms with Crippen LogP contribution in [-0.4, -0.2) is 39.0 Å². The topological polar surface area (TPSA) is 73.9 Å². The molecule has 7 heteroatoms. The van der Waals surface area contributed by atoms with E-state index < -0.39 is 11.9 Å². The summed E-state index contributed by atoms with van der Waals surface area (Å²) in [4.78, 5) is 25.1. The number of carbonyl (C=O) groups is 2. The SMILES string of the molecule is COc1ccccc1CNC(=O)COC(=O)c1ccc(SC)cc1OC. The van der Waals surface area contributed by atoms with Crippen molar-refractivity contribution in [3.63, 3.8) is 0 Å². The lowest BCUT2D eigenvalue weighted by molar-refractivity contribution is -0.124. The number of benzene rings is 2. The highest BCUT2D eigenvalue weighted by Crippen LogP contribution is 2.25. The van der Waals surface area contributed by atoms with Crippen LogP contribution in [0.2, 0.25) is 0 Å². The number of carbonyl (C=O) groups excluding carboxylic acids is 2. The molecule has 26 heavy (non-hydrogen) atoms. The third-order valence-electron chi connectivity index (χ3n) is 3.63. The number of rotatable bonds is 8. The zero-order valence-electron chi connectivity index (χ0n) is 14.9. The van der Waals surface area contributed by atoms with Gasteiger partial charge in [-0.05, 0) is 30.5 Å². The van der Waals surface area contributed by atoms with Crippen LogP contribution in [0.5, 0.6) is 11.5 Å². The fourth-order valence-electron chi connectivity index (χ4n) is 2.27. The van der Waals surface area contributed by atoms with E-state index in [1.807, 2.05) is 30.5 Å². The molecule has 0 fully saturated rings. The summed E-state index contributed by atoms with van der Waals surface area (Å²) in [7, 11) is 3.05. The fraction of sp³-hybridized carbons (Fsp3) is 0.263. The molecule has 0 spiro atoms. The zero-order valence-corrected chi connectivity index (χ0v) is 15.7. The van der Waals surface area contributed by atoms with Gasteiger partial charge in [0.1, 0.15) is 17.1 Å². The maximum atomic E-state index is 12.2. The van der Waals surface area contributed by atoms with Gasteiger partial charge in [-0.3, -0.25) is 4.79 Å². The van der Waals surface area contributed by atoms with Crippen LogP contribution in [0, 0.1) is 0 Å². The quantitative estimate of drug-likeness (QED) is 0.565. The molecule has 0 aliphatic carbocycles. The molecule has 2 rings (SSSR count). The van der Waals surface area contributed by atoms with E-state index in [1.54, 1.807) is 25.3 Å². The maximum Gasteiger partial charge on any atom is 0.342 e. The fourth-order valence-corrected chi connectivity index (χ4v) is 2.70. The first-order valence-corrected chi connectivity index (χ1v) is 9.09. The highest BCUT2D eigenvalue weighted by Gasteiger charge is 2.16. The van der Waals surface area contributed by atoms with Crippen LogP contribution < -0.4 is 14.8 Å². The summed E-state index contributed by atoms with van der Waals surface area (Å²) >= 11 is 1.54. The first kappa shape index (κ1) is 19.7. The van der Waals surface area contributed by atoms with E-state index in [1.165, 1.54) is 18.9 Å². The average Bonchev–Trinajstić information content (AvgIpc) is 2.69. The van der Waals surface area contributed by atoms with Crippen molar-refractivity contribution in [1.29, 1.82) is 0 Å². The predicted molar refractivity (Wildman–Crippen MR) is 99.9 cm³/mol.